The first-order valence-corrected chi connectivity index (χ1v) is 10.8. The molecule has 6 nitrogen and oxygen atoms in total. The largest absolute Gasteiger partial charge is 0.342 e. The Labute approximate surface area is 158 Å². The first-order valence-electron chi connectivity index (χ1n) is 8.96. The number of amides is 1. The summed E-state index contributed by atoms with van der Waals surface area (Å²) in [4.78, 5) is 22.9. The Kier molecular flexibility index (Phi) is 4.47. The van der Waals surface area contributed by atoms with Crippen LogP contribution in [0.5, 0.6) is 0 Å². The average Bonchev–Trinajstić information content (AvgIpc) is 3.11. The minimum absolute atomic E-state index is 0.138. The smallest absolute Gasteiger partial charge is 0.253 e. The van der Waals surface area contributed by atoms with Crippen LogP contribution in [0.1, 0.15) is 34.9 Å². The van der Waals surface area contributed by atoms with E-state index in [0.29, 0.717) is 18.7 Å². The molecule has 7 heteroatoms. The number of likely N-dealkylation sites (tertiary alicyclic amines) is 1. The average molecular weight is 383 g/mol. The number of piperidine rings is 1. The summed E-state index contributed by atoms with van der Waals surface area (Å²) in [6.07, 6.45) is 3.00. The van der Waals surface area contributed by atoms with Gasteiger partial charge in [0.1, 0.15) is 5.82 Å². The van der Waals surface area contributed by atoms with Gasteiger partial charge in [0, 0.05) is 30.8 Å². The summed E-state index contributed by atoms with van der Waals surface area (Å²) in [5.41, 5.74) is 2.33. The first kappa shape index (κ1) is 17.7. The van der Waals surface area contributed by atoms with Gasteiger partial charge in [-0.15, -0.1) is 0 Å². The van der Waals surface area contributed by atoms with E-state index < -0.39 is 9.84 Å². The van der Waals surface area contributed by atoms with E-state index >= 15 is 0 Å². The molecule has 27 heavy (non-hydrogen) atoms. The summed E-state index contributed by atoms with van der Waals surface area (Å²) >= 11 is 0. The molecule has 2 heterocycles. The lowest BCUT2D eigenvalue weighted by atomic mass is 9.96. The summed E-state index contributed by atoms with van der Waals surface area (Å²) in [7, 11) is -3.34. The highest BCUT2D eigenvalue weighted by Crippen LogP contribution is 2.28. The third-order valence-corrected chi connectivity index (χ3v) is 6.12. The van der Waals surface area contributed by atoms with Crippen LogP contribution in [0.3, 0.4) is 0 Å². The molecule has 1 amide bonds. The molecule has 0 bridgehead atoms. The van der Waals surface area contributed by atoms with Crippen molar-refractivity contribution in [1.82, 2.24) is 14.9 Å². The zero-order chi connectivity index (χ0) is 19.0. The van der Waals surface area contributed by atoms with Crippen LogP contribution in [0.2, 0.25) is 0 Å². The fraction of sp³-hybridized carbons (Fsp3) is 0.300. The van der Waals surface area contributed by atoms with Gasteiger partial charge in [-0.2, -0.15) is 0 Å². The summed E-state index contributed by atoms with van der Waals surface area (Å²) in [6, 6.07) is 14.1. The number of hydrogen-bond donors (Lipinski definition) is 1. The molecule has 1 unspecified atom stereocenters. The van der Waals surface area contributed by atoms with Crippen molar-refractivity contribution in [3.8, 4) is 0 Å². The van der Waals surface area contributed by atoms with E-state index in [1.165, 1.54) is 12.1 Å². The van der Waals surface area contributed by atoms with Crippen LogP contribution in [0.4, 0.5) is 0 Å². The monoisotopic (exact) mass is 383 g/mol. The van der Waals surface area contributed by atoms with E-state index in [1.807, 2.05) is 24.3 Å². The van der Waals surface area contributed by atoms with Crippen LogP contribution in [0.15, 0.2) is 53.4 Å². The number of nitrogens with one attached hydrogen (secondary N) is 1. The lowest BCUT2D eigenvalue weighted by Crippen LogP contribution is -2.39. The minimum Gasteiger partial charge on any atom is -0.342 e. The molecular formula is C20H21N3O3S. The predicted molar refractivity (Wildman–Crippen MR) is 104 cm³/mol. The standard InChI is InChI=1S/C20H21N3O3S/c1-27(25,26)16-8-4-6-14(12-16)20(24)23-11-5-7-15(13-23)19-21-17-9-2-3-10-18(17)22-19/h2-4,6,8-10,12,15H,5,7,11,13H2,1H3,(H,21,22). The van der Waals surface area contributed by atoms with Crippen LogP contribution in [0.25, 0.3) is 11.0 Å². The molecule has 2 aromatic carbocycles. The maximum absolute atomic E-state index is 12.9. The zero-order valence-electron chi connectivity index (χ0n) is 15.1. The van der Waals surface area contributed by atoms with E-state index in [9.17, 15) is 13.2 Å². The molecule has 0 radical (unpaired) electrons. The second-order valence-electron chi connectivity index (χ2n) is 7.03. The van der Waals surface area contributed by atoms with Crippen molar-refractivity contribution < 1.29 is 13.2 Å². The number of para-hydroxylation sites is 2. The van der Waals surface area contributed by atoms with Crippen molar-refractivity contribution in [3.63, 3.8) is 0 Å². The van der Waals surface area contributed by atoms with Gasteiger partial charge < -0.3 is 9.88 Å². The molecule has 0 saturated carbocycles. The maximum Gasteiger partial charge on any atom is 0.253 e. The SMILES string of the molecule is CS(=O)(=O)c1cccc(C(=O)N2CCCC(c3nc4ccccc4[nH]3)C2)c1. The lowest BCUT2D eigenvalue weighted by Gasteiger charge is -2.32. The Morgan fingerprint density at radius 1 is 1.19 bits per heavy atom. The predicted octanol–water partition coefficient (Wildman–Crippen LogP) is 2.99. The van der Waals surface area contributed by atoms with Crippen LogP contribution in [0, 0.1) is 0 Å². The second-order valence-corrected chi connectivity index (χ2v) is 9.05. The minimum atomic E-state index is -3.34. The maximum atomic E-state index is 12.9. The number of nitrogens with zero attached hydrogens (tertiary/aromatic N) is 2. The van der Waals surface area contributed by atoms with E-state index in [-0.39, 0.29) is 16.7 Å². The van der Waals surface area contributed by atoms with Gasteiger partial charge in [-0.1, -0.05) is 18.2 Å². The molecule has 1 saturated heterocycles. The summed E-state index contributed by atoms with van der Waals surface area (Å²) in [5.74, 6) is 0.910. The van der Waals surface area contributed by atoms with Gasteiger partial charge in [0.05, 0.1) is 15.9 Å². The number of fused-ring (bicyclic) bond motifs is 1. The molecule has 1 aliphatic rings. The second kappa shape index (κ2) is 6.81. The normalized spacial score (nSPS) is 18.0. The van der Waals surface area contributed by atoms with Crippen molar-refractivity contribution in [1.29, 1.82) is 0 Å². The molecular weight excluding hydrogens is 362 g/mol. The highest BCUT2D eigenvalue weighted by Gasteiger charge is 2.27. The highest BCUT2D eigenvalue weighted by molar-refractivity contribution is 7.90. The van der Waals surface area contributed by atoms with Gasteiger partial charge in [0.2, 0.25) is 0 Å². The molecule has 3 aromatic rings. The number of aromatic nitrogens is 2. The first-order chi connectivity index (χ1) is 12.9. The lowest BCUT2D eigenvalue weighted by molar-refractivity contribution is 0.0704. The Morgan fingerprint density at radius 2 is 2.00 bits per heavy atom. The number of hydrogen-bond acceptors (Lipinski definition) is 4. The van der Waals surface area contributed by atoms with Crippen molar-refractivity contribution in [2.24, 2.45) is 0 Å². The fourth-order valence-electron chi connectivity index (χ4n) is 3.59. The molecule has 4 rings (SSSR count). The van der Waals surface area contributed by atoms with Gasteiger partial charge in [0.15, 0.2) is 9.84 Å². The number of carbonyl (C=O) groups excluding carboxylic acids is 1. The van der Waals surface area contributed by atoms with E-state index in [4.69, 9.17) is 0 Å². The molecule has 140 valence electrons. The van der Waals surface area contributed by atoms with Crippen LogP contribution in [-0.2, 0) is 9.84 Å². The van der Waals surface area contributed by atoms with Gasteiger partial charge in [0.25, 0.3) is 5.91 Å². The molecule has 0 aliphatic carbocycles. The van der Waals surface area contributed by atoms with Crippen molar-refractivity contribution in [2.75, 3.05) is 19.3 Å². The molecule has 0 spiro atoms. The van der Waals surface area contributed by atoms with Crippen LogP contribution in [-0.4, -0.2) is 48.5 Å². The molecule has 1 aromatic heterocycles. The van der Waals surface area contributed by atoms with Gasteiger partial charge in [-0.05, 0) is 43.2 Å². The number of sulfone groups is 1. The number of benzene rings is 2. The molecule has 1 aliphatic heterocycles. The van der Waals surface area contributed by atoms with Gasteiger partial charge in [-0.25, -0.2) is 13.4 Å². The third-order valence-electron chi connectivity index (χ3n) is 5.01. The number of carbonyl (C=O) groups is 1. The zero-order valence-corrected chi connectivity index (χ0v) is 15.9. The van der Waals surface area contributed by atoms with Gasteiger partial charge in [-0.3, -0.25) is 4.79 Å². The quantitative estimate of drug-likeness (QED) is 0.754. The van der Waals surface area contributed by atoms with Crippen LogP contribution < -0.4 is 0 Å². The highest BCUT2D eigenvalue weighted by atomic mass is 32.2. The summed E-state index contributed by atoms with van der Waals surface area (Å²) < 4.78 is 23.5. The Morgan fingerprint density at radius 3 is 2.78 bits per heavy atom. The van der Waals surface area contributed by atoms with Crippen molar-refractivity contribution in [2.45, 2.75) is 23.7 Å². The summed E-state index contributed by atoms with van der Waals surface area (Å²) in [5, 5.41) is 0. The van der Waals surface area contributed by atoms with E-state index in [2.05, 4.69) is 9.97 Å². The Balaban J connectivity index is 1.57. The number of H-pyrrole nitrogens is 1. The molecule has 1 fully saturated rings. The summed E-state index contributed by atoms with van der Waals surface area (Å²) in [6.45, 7) is 1.24. The molecule has 1 atom stereocenters. The third kappa shape index (κ3) is 3.60. The molecule has 1 N–H and O–H groups in total. The van der Waals surface area contributed by atoms with Crippen LogP contribution >= 0.6 is 0 Å². The van der Waals surface area contributed by atoms with E-state index in [1.54, 1.807) is 17.0 Å². The Bertz CT molecular complexity index is 1070. The number of aromatic amines is 1. The van der Waals surface area contributed by atoms with Crippen molar-refractivity contribution >= 4 is 26.8 Å². The van der Waals surface area contributed by atoms with Gasteiger partial charge >= 0.3 is 0 Å². The van der Waals surface area contributed by atoms with E-state index in [0.717, 1.165) is 36.0 Å². The van der Waals surface area contributed by atoms with Crippen molar-refractivity contribution in [3.05, 3.63) is 59.9 Å². The topological polar surface area (TPSA) is 83.1 Å². The number of rotatable bonds is 3. The number of imidazole rings is 1. The Hall–Kier alpha value is -2.67. The fourth-order valence-corrected chi connectivity index (χ4v) is 4.26.